The van der Waals surface area contributed by atoms with Crippen molar-refractivity contribution in [3.8, 4) is 0 Å². The van der Waals surface area contributed by atoms with Gasteiger partial charge < -0.3 is 19.9 Å². The number of methoxy groups -OCH3 is 1. The van der Waals surface area contributed by atoms with Crippen molar-refractivity contribution < 1.29 is 9.53 Å². The highest BCUT2D eigenvalue weighted by Crippen LogP contribution is 2.23. The second kappa shape index (κ2) is 9.93. The van der Waals surface area contributed by atoms with Gasteiger partial charge in [0.2, 0.25) is 0 Å². The molecule has 0 saturated carbocycles. The van der Waals surface area contributed by atoms with Crippen molar-refractivity contribution in [2.45, 2.75) is 45.1 Å². The number of hydrogen-bond donors (Lipinski definition) is 1. The van der Waals surface area contributed by atoms with Gasteiger partial charge >= 0.3 is 6.03 Å². The number of hydrogen-bond acceptors (Lipinski definition) is 3. The van der Waals surface area contributed by atoms with E-state index in [2.05, 4.69) is 10.2 Å². The molecule has 1 aromatic carbocycles. The first-order valence-electron chi connectivity index (χ1n) is 10.1. The predicted molar refractivity (Wildman–Crippen MR) is 105 cm³/mol. The van der Waals surface area contributed by atoms with Crippen molar-refractivity contribution in [2.75, 3.05) is 45.2 Å². The van der Waals surface area contributed by atoms with Crippen LogP contribution in [0.1, 0.15) is 44.1 Å². The Labute approximate surface area is 157 Å². The van der Waals surface area contributed by atoms with Crippen molar-refractivity contribution in [1.82, 2.24) is 9.80 Å². The number of carbonyl (C=O) groups is 1. The molecule has 2 aliphatic heterocycles. The number of amides is 2. The summed E-state index contributed by atoms with van der Waals surface area (Å²) in [6.45, 7) is 6.21. The van der Waals surface area contributed by atoms with Crippen LogP contribution in [0.25, 0.3) is 0 Å². The first-order valence-corrected chi connectivity index (χ1v) is 10.1. The topological polar surface area (TPSA) is 44.8 Å². The summed E-state index contributed by atoms with van der Waals surface area (Å²) >= 11 is 0. The Morgan fingerprint density at radius 2 is 1.81 bits per heavy atom. The molecule has 1 N–H and O–H groups in total. The monoisotopic (exact) mass is 359 g/mol. The highest BCUT2D eigenvalue weighted by atomic mass is 16.5. The van der Waals surface area contributed by atoms with Crippen LogP contribution < -0.4 is 5.32 Å². The molecule has 0 atom stereocenters. The number of rotatable bonds is 7. The maximum Gasteiger partial charge on any atom is 0.321 e. The SMILES string of the molecule is COCc1ccc(NC(=O)N2CCC(CCCN3CCCC3)CC2)cc1. The molecule has 0 unspecified atom stereocenters. The first-order chi connectivity index (χ1) is 12.7. The number of nitrogens with zero attached hydrogens (tertiary/aromatic N) is 2. The number of carbonyl (C=O) groups excluding carboxylic acids is 1. The van der Waals surface area contributed by atoms with Gasteiger partial charge in [0, 0.05) is 25.9 Å². The van der Waals surface area contributed by atoms with Gasteiger partial charge in [-0.05, 0) is 81.8 Å². The molecule has 5 nitrogen and oxygen atoms in total. The molecule has 144 valence electrons. The normalized spacial score (nSPS) is 19.0. The molecular formula is C21H33N3O2. The molecule has 0 aromatic heterocycles. The summed E-state index contributed by atoms with van der Waals surface area (Å²) in [6.07, 6.45) is 7.66. The fraction of sp³-hybridized carbons (Fsp3) is 0.667. The number of likely N-dealkylation sites (tertiary alicyclic amines) is 2. The quantitative estimate of drug-likeness (QED) is 0.802. The molecule has 5 heteroatoms. The van der Waals surface area contributed by atoms with E-state index in [9.17, 15) is 4.79 Å². The number of benzene rings is 1. The first kappa shape index (κ1) is 19.2. The van der Waals surface area contributed by atoms with Gasteiger partial charge in [-0.25, -0.2) is 4.79 Å². The Morgan fingerprint density at radius 3 is 2.46 bits per heavy atom. The summed E-state index contributed by atoms with van der Waals surface area (Å²) < 4.78 is 5.11. The lowest BCUT2D eigenvalue weighted by atomic mass is 9.92. The molecule has 0 aliphatic carbocycles. The van der Waals surface area contributed by atoms with Crippen LogP contribution in [0.2, 0.25) is 0 Å². The summed E-state index contributed by atoms with van der Waals surface area (Å²) in [5.41, 5.74) is 1.96. The van der Waals surface area contributed by atoms with Gasteiger partial charge in [-0.2, -0.15) is 0 Å². The lowest BCUT2D eigenvalue weighted by Crippen LogP contribution is -2.41. The van der Waals surface area contributed by atoms with E-state index in [0.29, 0.717) is 6.61 Å². The Hall–Kier alpha value is -1.59. The molecule has 2 aliphatic rings. The average molecular weight is 360 g/mol. The van der Waals surface area contributed by atoms with E-state index >= 15 is 0 Å². The van der Waals surface area contributed by atoms with Crippen molar-refractivity contribution in [1.29, 1.82) is 0 Å². The number of urea groups is 1. The summed E-state index contributed by atoms with van der Waals surface area (Å²) in [5, 5.41) is 3.02. The number of nitrogens with one attached hydrogen (secondary N) is 1. The molecule has 0 bridgehead atoms. The van der Waals surface area contributed by atoms with Crippen LogP contribution in [0.5, 0.6) is 0 Å². The third kappa shape index (κ3) is 5.71. The highest BCUT2D eigenvalue weighted by Gasteiger charge is 2.23. The van der Waals surface area contributed by atoms with E-state index in [4.69, 9.17) is 4.74 Å². The van der Waals surface area contributed by atoms with E-state index in [0.717, 1.165) is 43.1 Å². The molecule has 3 rings (SSSR count). The number of ether oxygens (including phenoxy) is 1. The van der Waals surface area contributed by atoms with Crippen LogP contribution in [0.3, 0.4) is 0 Å². The van der Waals surface area contributed by atoms with Crippen LogP contribution in [0.15, 0.2) is 24.3 Å². The lowest BCUT2D eigenvalue weighted by molar-refractivity contribution is 0.177. The van der Waals surface area contributed by atoms with Crippen LogP contribution in [-0.2, 0) is 11.3 Å². The zero-order valence-corrected chi connectivity index (χ0v) is 16.1. The van der Waals surface area contributed by atoms with Crippen molar-refractivity contribution in [3.63, 3.8) is 0 Å². The van der Waals surface area contributed by atoms with Crippen LogP contribution >= 0.6 is 0 Å². The molecular weight excluding hydrogens is 326 g/mol. The average Bonchev–Trinajstić information content (AvgIpc) is 3.18. The number of piperidine rings is 1. The summed E-state index contributed by atoms with van der Waals surface area (Å²) in [6, 6.07) is 7.90. The second-order valence-electron chi connectivity index (χ2n) is 7.68. The van der Waals surface area contributed by atoms with Gasteiger partial charge in [-0.1, -0.05) is 12.1 Å². The van der Waals surface area contributed by atoms with E-state index in [1.807, 2.05) is 29.2 Å². The van der Waals surface area contributed by atoms with E-state index in [-0.39, 0.29) is 6.03 Å². The largest absolute Gasteiger partial charge is 0.380 e. The third-order valence-electron chi connectivity index (χ3n) is 5.70. The molecule has 2 fully saturated rings. The van der Waals surface area contributed by atoms with Gasteiger partial charge in [0.25, 0.3) is 0 Å². The number of anilines is 1. The van der Waals surface area contributed by atoms with Gasteiger partial charge in [0.15, 0.2) is 0 Å². The predicted octanol–water partition coefficient (Wildman–Crippen LogP) is 3.95. The Balaban J connectivity index is 1.35. The van der Waals surface area contributed by atoms with Crippen LogP contribution in [-0.4, -0.2) is 55.7 Å². The highest BCUT2D eigenvalue weighted by molar-refractivity contribution is 5.89. The van der Waals surface area contributed by atoms with Gasteiger partial charge in [0.1, 0.15) is 0 Å². The second-order valence-corrected chi connectivity index (χ2v) is 7.68. The molecule has 2 amide bonds. The van der Waals surface area contributed by atoms with Crippen LogP contribution in [0, 0.1) is 5.92 Å². The lowest BCUT2D eigenvalue weighted by Gasteiger charge is -2.32. The minimum absolute atomic E-state index is 0.0278. The van der Waals surface area contributed by atoms with E-state index in [1.54, 1.807) is 7.11 Å². The smallest absolute Gasteiger partial charge is 0.321 e. The van der Waals surface area contributed by atoms with Crippen molar-refractivity contribution >= 4 is 11.7 Å². The zero-order valence-electron chi connectivity index (χ0n) is 16.1. The summed E-state index contributed by atoms with van der Waals surface area (Å²) in [4.78, 5) is 17.0. The van der Waals surface area contributed by atoms with Crippen LogP contribution in [0.4, 0.5) is 10.5 Å². The van der Waals surface area contributed by atoms with Gasteiger partial charge in [0.05, 0.1) is 6.61 Å². The fourth-order valence-electron chi connectivity index (χ4n) is 4.09. The van der Waals surface area contributed by atoms with Gasteiger partial charge in [-0.3, -0.25) is 0 Å². The molecule has 1 aromatic rings. The van der Waals surface area contributed by atoms with E-state index in [1.165, 1.54) is 45.3 Å². The van der Waals surface area contributed by atoms with Crippen molar-refractivity contribution in [2.24, 2.45) is 5.92 Å². The standard InChI is InChI=1S/C21H33N3O2/c1-26-17-19-6-8-20(9-7-19)22-21(25)24-15-10-18(11-16-24)5-4-14-23-12-2-3-13-23/h6-9,18H,2-5,10-17H2,1H3,(H,22,25). The zero-order chi connectivity index (χ0) is 18.2. The minimum atomic E-state index is 0.0278. The minimum Gasteiger partial charge on any atom is -0.380 e. The molecule has 0 spiro atoms. The molecule has 26 heavy (non-hydrogen) atoms. The fourth-order valence-corrected chi connectivity index (χ4v) is 4.09. The third-order valence-corrected chi connectivity index (χ3v) is 5.70. The maximum atomic E-state index is 12.5. The molecule has 2 heterocycles. The summed E-state index contributed by atoms with van der Waals surface area (Å²) in [5.74, 6) is 0.787. The Bertz CT molecular complexity index is 547. The molecule has 2 saturated heterocycles. The Kier molecular flexibility index (Phi) is 7.32. The van der Waals surface area contributed by atoms with E-state index < -0.39 is 0 Å². The maximum absolute atomic E-state index is 12.5. The van der Waals surface area contributed by atoms with Crippen molar-refractivity contribution in [3.05, 3.63) is 29.8 Å². The van der Waals surface area contributed by atoms with Gasteiger partial charge in [-0.15, -0.1) is 0 Å². The summed E-state index contributed by atoms with van der Waals surface area (Å²) in [7, 11) is 1.69. The Morgan fingerprint density at radius 1 is 1.12 bits per heavy atom. The molecule has 0 radical (unpaired) electrons.